The van der Waals surface area contributed by atoms with Gasteiger partial charge in [-0.25, -0.2) is 4.79 Å². The lowest BCUT2D eigenvalue weighted by Crippen LogP contribution is -2.42. The van der Waals surface area contributed by atoms with Gasteiger partial charge in [0.2, 0.25) is 0 Å². The SMILES string of the molecule is CCO[C@@H](C)CN(C)C(=O)NCCn1cccc1. The maximum Gasteiger partial charge on any atom is 0.317 e. The summed E-state index contributed by atoms with van der Waals surface area (Å²) in [6, 6.07) is 3.88. The highest BCUT2D eigenvalue weighted by atomic mass is 16.5. The lowest BCUT2D eigenvalue weighted by molar-refractivity contribution is 0.0581. The number of nitrogens with zero attached hydrogens (tertiary/aromatic N) is 2. The van der Waals surface area contributed by atoms with Crippen molar-refractivity contribution in [1.82, 2.24) is 14.8 Å². The number of carbonyl (C=O) groups excluding carboxylic acids is 1. The number of hydrogen-bond donors (Lipinski definition) is 1. The maximum atomic E-state index is 11.8. The van der Waals surface area contributed by atoms with E-state index in [1.165, 1.54) is 0 Å². The third-order valence-corrected chi connectivity index (χ3v) is 2.64. The molecule has 1 N–H and O–H groups in total. The second kappa shape index (κ2) is 7.76. The van der Waals surface area contributed by atoms with Crippen LogP contribution in [0.15, 0.2) is 24.5 Å². The van der Waals surface area contributed by atoms with Crippen LogP contribution in [-0.2, 0) is 11.3 Å². The fraction of sp³-hybridized carbons (Fsp3) is 0.615. The number of hydrogen-bond acceptors (Lipinski definition) is 2. The summed E-state index contributed by atoms with van der Waals surface area (Å²) in [5.74, 6) is 0. The fourth-order valence-electron chi connectivity index (χ4n) is 1.75. The molecule has 0 radical (unpaired) electrons. The molecule has 0 aliphatic rings. The highest BCUT2D eigenvalue weighted by Crippen LogP contribution is 1.95. The predicted octanol–water partition coefficient (Wildman–Crippen LogP) is 1.55. The van der Waals surface area contributed by atoms with Gasteiger partial charge in [-0.3, -0.25) is 0 Å². The minimum absolute atomic E-state index is 0.0614. The number of urea groups is 1. The Labute approximate surface area is 109 Å². The van der Waals surface area contributed by atoms with E-state index in [0.29, 0.717) is 19.7 Å². The maximum absolute atomic E-state index is 11.8. The Morgan fingerprint density at radius 1 is 1.44 bits per heavy atom. The van der Waals surface area contributed by atoms with E-state index in [4.69, 9.17) is 4.74 Å². The molecule has 0 bridgehead atoms. The van der Waals surface area contributed by atoms with Crippen LogP contribution in [0, 0.1) is 0 Å². The molecule has 0 fully saturated rings. The van der Waals surface area contributed by atoms with Crippen LogP contribution in [0.4, 0.5) is 4.79 Å². The van der Waals surface area contributed by atoms with Gasteiger partial charge >= 0.3 is 6.03 Å². The van der Waals surface area contributed by atoms with E-state index in [9.17, 15) is 4.79 Å². The van der Waals surface area contributed by atoms with Crippen LogP contribution in [0.1, 0.15) is 13.8 Å². The molecule has 1 heterocycles. The normalized spacial score (nSPS) is 12.2. The van der Waals surface area contributed by atoms with Gasteiger partial charge in [0.05, 0.1) is 6.10 Å². The largest absolute Gasteiger partial charge is 0.377 e. The zero-order valence-electron chi connectivity index (χ0n) is 11.4. The lowest BCUT2D eigenvalue weighted by atomic mass is 10.4. The molecule has 5 nitrogen and oxygen atoms in total. The van der Waals surface area contributed by atoms with Crippen molar-refractivity contribution < 1.29 is 9.53 Å². The summed E-state index contributed by atoms with van der Waals surface area (Å²) in [6.45, 7) is 6.60. The van der Waals surface area contributed by atoms with Gasteiger partial charge in [0.25, 0.3) is 0 Å². The van der Waals surface area contributed by atoms with Crippen molar-refractivity contribution >= 4 is 6.03 Å². The summed E-state index contributed by atoms with van der Waals surface area (Å²) in [6.07, 6.45) is 4.02. The van der Waals surface area contributed by atoms with Crippen LogP contribution in [0.2, 0.25) is 0 Å². The third kappa shape index (κ3) is 5.23. The van der Waals surface area contributed by atoms with Crippen molar-refractivity contribution in [3.8, 4) is 0 Å². The number of carbonyl (C=O) groups is 1. The monoisotopic (exact) mass is 253 g/mol. The average Bonchev–Trinajstić information content (AvgIpc) is 2.82. The van der Waals surface area contributed by atoms with Crippen LogP contribution in [0.25, 0.3) is 0 Å². The quantitative estimate of drug-likeness (QED) is 0.801. The Hall–Kier alpha value is -1.49. The van der Waals surface area contributed by atoms with Gasteiger partial charge in [0, 0.05) is 45.7 Å². The highest BCUT2D eigenvalue weighted by molar-refractivity contribution is 5.73. The summed E-state index contributed by atoms with van der Waals surface area (Å²) in [5, 5.41) is 2.88. The molecule has 0 saturated carbocycles. The molecule has 0 aliphatic carbocycles. The highest BCUT2D eigenvalue weighted by Gasteiger charge is 2.11. The van der Waals surface area contributed by atoms with Gasteiger partial charge in [-0.05, 0) is 26.0 Å². The van der Waals surface area contributed by atoms with Gasteiger partial charge < -0.3 is 19.5 Å². The predicted molar refractivity (Wildman–Crippen MR) is 71.5 cm³/mol. The summed E-state index contributed by atoms with van der Waals surface area (Å²) in [7, 11) is 1.78. The van der Waals surface area contributed by atoms with Crippen molar-refractivity contribution in [2.75, 3.05) is 26.7 Å². The Morgan fingerprint density at radius 3 is 2.72 bits per heavy atom. The van der Waals surface area contributed by atoms with E-state index in [2.05, 4.69) is 5.32 Å². The first kappa shape index (κ1) is 14.6. The number of ether oxygens (including phenoxy) is 1. The molecule has 2 amide bonds. The first-order valence-electron chi connectivity index (χ1n) is 6.34. The van der Waals surface area contributed by atoms with E-state index in [1.807, 2.05) is 42.9 Å². The van der Waals surface area contributed by atoms with Crippen LogP contribution >= 0.6 is 0 Å². The molecule has 1 aromatic rings. The smallest absolute Gasteiger partial charge is 0.317 e. The van der Waals surface area contributed by atoms with Crippen LogP contribution < -0.4 is 5.32 Å². The van der Waals surface area contributed by atoms with Crippen molar-refractivity contribution in [1.29, 1.82) is 0 Å². The third-order valence-electron chi connectivity index (χ3n) is 2.64. The molecule has 102 valence electrons. The van der Waals surface area contributed by atoms with Crippen LogP contribution in [0.3, 0.4) is 0 Å². The summed E-state index contributed by atoms with van der Waals surface area (Å²) in [4.78, 5) is 13.4. The fourth-order valence-corrected chi connectivity index (χ4v) is 1.75. The van der Waals surface area contributed by atoms with E-state index >= 15 is 0 Å². The molecule has 0 unspecified atom stereocenters. The molecule has 0 spiro atoms. The zero-order chi connectivity index (χ0) is 13.4. The second-order valence-corrected chi connectivity index (χ2v) is 4.30. The first-order chi connectivity index (χ1) is 8.63. The van der Waals surface area contributed by atoms with Gasteiger partial charge in [0.1, 0.15) is 0 Å². The van der Waals surface area contributed by atoms with E-state index in [1.54, 1.807) is 11.9 Å². The molecule has 1 rings (SSSR count). The molecular weight excluding hydrogens is 230 g/mol. The Bertz CT molecular complexity index is 338. The molecule has 5 heteroatoms. The second-order valence-electron chi connectivity index (χ2n) is 4.30. The molecule has 1 aromatic heterocycles. The standard InChI is InChI=1S/C13H23N3O2/c1-4-18-12(2)11-15(3)13(17)14-7-10-16-8-5-6-9-16/h5-6,8-9,12H,4,7,10-11H2,1-3H3,(H,14,17)/t12-/m0/s1. The Kier molecular flexibility index (Phi) is 6.28. The zero-order valence-corrected chi connectivity index (χ0v) is 11.4. The molecule has 0 aliphatic heterocycles. The molecule has 18 heavy (non-hydrogen) atoms. The van der Waals surface area contributed by atoms with Gasteiger partial charge in [-0.1, -0.05) is 0 Å². The van der Waals surface area contributed by atoms with Crippen molar-refractivity contribution in [3.63, 3.8) is 0 Å². The minimum atomic E-state index is -0.0614. The Balaban J connectivity index is 2.19. The van der Waals surface area contributed by atoms with Gasteiger partial charge in [0.15, 0.2) is 0 Å². The number of aromatic nitrogens is 1. The summed E-state index contributed by atoms with van der Waals surface area (Å²) >= 11 is 0. The van der Waals surface area contributed by atoms with E-state index in [-0.39, 0.29) is 12.1 Å². The lowest BCUT2D eigenvalue weighted by Gasteiger charge is -2.22. The van der Waals surface area contributed by atoms with Gasteiger partial charge in [-0.2, -0.15) is 0 Å². The molecule has 0 saturated heterocycles. The number of nitrogens with one attached hydrogen (secondary N) is 1. The number of rotatable bonds is 7. The van der Waals surface area contributed by atoms with E-state index < -0.39 is 0 Å². The molecule has 0 aromatic carbocycles. The molecular formula is C13H23N3O2. The number of amides is 2. The Morgan fingerprint density at radius 2 is 2.11 bits per heavy atom. The van der Waals surface area contributed by atoms with Crippen molar-refractivity contribution in [2.45, 2.75) is 26.5 Å². The average molecular weight is 253 g/mol. The first-order valence-corrected chi connectivity index (χ1v) is 6.34. The summed E-state index contributed by atoms with van der Waals surface area (Å²) in [5.41, 5.74) is 0. The molecule has 1 atom stereocenters. The van der Waals surface area contributed by atoms with Crippen molar-refractivity contribution in [3.05, 3.63) is 24.5 Å². The van der Waals surface area contributed by atoms with Crippen molar-refractivity contribution in [2.24, 2.45) is 0 Å². The van der Waals surface area contributed by atoms with Gasteiger partial charge in [-0.15, -0.1) is 0 Å². The van der Waals surface area contributed by atoms with Crippen LogP contribution in [-0.4, -0.2) is 48.3 Å². The van der Waals surface area contributed by atoms with E-state index in [0.717, 1.165) is 6.54 Å². The summed E-state index contributed by atoms with van der Waals surface area (Å²) < 4.78 is 7.43. The van der Waals surface area contributed by atoms with Crippen LogP contribution in [0.5, 0.6) is 0 Å². The topological polar surface area (TPSA) is 46.5 Å². The number of likely N-dealkylation sites (N-methyl/N-ethyl adjacent to an activating group) is 1. The minimum Gasteiger partial charge on any atom is -0.377 e.